The number of hydrogen-bond donors (Lipinski definition) is 4. The zero-order valence-corrected chi connectivity index (χ0v) is 9.72. The first kappa shape index (κ1) is 12.3. The lowest BCUT2D eigenvalue weighted by Crippen LogP contribution is -2.47. The summed E-state index contributed by atoms with van der Waals surface area (Å²) in [6, 6.07) is -1.25. The van der Waals surface area contributed by atoms with Crippen molar-refractivity contribution in [3.8, 4) is 0 Å². The topological polar surface area (TPSA) is 120 Å². The lowest BCUT2D eigenvalue weighted by Gasteiger charge is -2.13. The molecule has 1 saturated carbocycles. The summed E-state index contributed by atoms with van der Waals surface area (Å²) in [6.45, 7) is 0.373. The molecule has 0 radical (unpaired) electrons. The number of aromatic nitrogens is 3. The highest BCUT2D eigenvalue weighted by Crippen LogP contribution is 2.32. The summed E-state index contributed by atoms with van der Waals surface area (Å²) < 4.78 is 0. The normalized spacial score (nSPS) is 16.0. The maximum absolute atomic E-state index is 11.5. The molecular formula is C10H15N5O3. The number of carbonyl (C=O) groups is 2. The van der Waals surface area contributed by atoms with Gasteiger partial charge in [0.1, 0.15) is 18.2 Å². The molecule has 1 heterocycles. The van der Waals surface area contributed by atoms with Crippen molar-refractivity contribution in [1.82, 2.24) is 25.8 Å². The molecule has 8 nitrogen and oxygen atoms in total. The Bertz CT molecular complexity index is 415. The molecule has 1 unspecified atom stereocenters. The number of H-pyrrole nitrogens is 1. The second-order valence-corrected chi connectivity index (χ2v) is 4.24. The fourth-order valence-corrected chi connectivity index (χ4v) is 1.65. The van der Waals surface area contributed by atoms with Crippen LogP contribution in [-0.2, 0) is 11.2 Å². The number of rotatable bonds is 6. The molecule has 0 spiro atoms. The Morgan fingerprint density at radius 2 is 2.33 bits per heavy atom. The number of carboxylic acids is 1. The van der Waals surface area contributed by atoms with E-state index >= 15 is 0 Å². The van der Waals surface area contributed by atoms with Crippen molar-refractivity contribution < 1.29 is 14.7 Å². The number of amides is 2. The van der Waals surface area contributed by atoms with Gasteiger partial charge in [-0.25, -0.2) is 14.6 Å². The molecular weight excluding hydrogens is 238 g/mol. The number of carbonyl (C=O) groups excluding carboxylic acids is 1. The first-order valence-corrected chi connectivity index (χ1v) is 5.78. The molecule has 98 valence electrons. The maximum Gasteiger partial charge on any atom is 0.326 e. The lowest BCUT2D eigenvalue weighted by molar-refractivity contribution is -0.139. The molecule has 1 aliphatic carbocycles. The Morgan fingerprint density at radius 1 is 1.56 bits per heavy atom. The van der Waals surface area contributed by atoms with Crippen LogP contribution in [0.25, 0.3) is 0 Å². The maximum atomic E-state index is 11.5. The largest absolute Gasteiger partial charge is 0.480 e. The second kappa shape index (κ2) is 5.48. The van der Waals surface area contributed by atoms with Crippen LogP contribution in [0.2, 0.25) is 0 Å². The van der Waals surface area contributed by atoms with E-state index in [2.05, 4.69) is 25.8 Å². The van der Waals surface area contributed by atoms with E-state index in [0.29, 0.717) is 18.8 Å². The van der Waals surface area contributed by atoms with Crippen molar-refractivity contribution >= 4 is 12.0 Å². The van der Waals surface area contributed by atoms with E-state index in [1.165, 1.54) is 6.33 Å². The molecule has 1 aliphatic rings. The summed E-state index contributed by atoms with van der Waals surface area (Å²) in [6.07, 6.45) is 3.63. The van der Waals surface area contributed by atoms with Gasteiger partial charge in [-0.05, 0) is 18.8 Å². The van der Waals surface area contributed by atoms with Crippen LogP contribution >= 0.6 is 0 Å². The molecule has 2 rings (SSSR count). The van der Waals surface area contributed by atoms with E-state index in [4.69, 9.17) is 5.11 Å². The van der Waals surface area contributed by atoms with E-state index in [1.807, 2.05) is 0 Å². The van der Waals surface area contributed by atoms with Crippen molar-refractivity contribution in [2.24, 2.45) is 5.92 Å². The summed E-state index contributed by atoms with van der Waals surface area (Å²) in [5.41, 5.74) is 0. The highest BCUT2D eigenvalue weighted by Gasteiger charge is 2.37. The zero-order valence-electron chi connectivity index (χ0n) is 9.72. The fraction of sp³-hybridized carbons (Fsp3) is 0.600. The molecule has 0 bridgehead atoms. The first-order chi connectivity index (χ1) is 8.66. The van der Waals surface area contributed by atoms with Crippen molar-refractivity contribution in [3.63, 3.8) is 0 Å². The van der Waals surface area contributed by atoms with E-state index in [-0.39, 0.29) is 5.92 Å². The SMILES string of the molecule is O=C(NCCc1ncn[nH]1)NC(C(=O)O)C1CC1. The van der Waals surface area contributed by atoms with Crippen molar-refractivity contribution in [1.29, 1.82) is 0 Å². The summed E-state index contributed by atoms with van der Waals surface area (Å²) >= 11 is 0. The number of aliphatic carboxylic acids is 1. The van der Waals surface area contributed by atoms with Crippen LogP contribution in [0.3, 0.4) is 0 Å². The number of aromatic amines is 1. The van der Waals surface area contributed by atoms with Gasteiger partial charge >= 0.3 is 12.0 Å². The average molecular weight is 253 g/mol. The summed E-state index contributed by atoms with van der Waals surface area (Å²) in [5, 5.41) is 20.3. The summed E-state index contributed by atoms with van der Waals surface area (Å²) in [5.74, 6) is -0.238. The third-order valence-corrected chi connectivity index (χ3v) is 2.76. The number of carboxylic acid groups (broad SMARTS) is 1. The minimum atomic E-state index is -0.983. The summed E-state index contributed by atoms with van der Waals surface area (Å²) in [4.78, 5) is 26.3. The first-order valence-electron chi connectivity index (χ1n) is 5.78. The smallest absolute Gasteiger partial charge is 0.326 e. The van der Waals surface area contributed by atoms with E-state index in [1.54, 1.807) is 0 Å². The van der Waals surface area contributed by atoms with Gasteiger partial charge in [-0.2, -0.15) is 5.10 Å². The Labute approximate surface area is 103 Å². The van der Waals surface area contributed by atoms with Gasteiger partial charge in [0, 0.05) is 13.0 Å². The molecule has 0 saturated heterocycles. The van der Waals surface area contributed by atoms with Gasteiger partial charge in [0.05, 0.1) is 0 Å². The van der Waals surface area contributed by atoms with Gasteiger partial charge < -0.3 is 15.7 Å². The number of urea groups is 1. The van der Waals surface area contributed by atoms with Crippen LogP contribution in [0.4, 0.5) is 4.79 Å². The predicted octanol–water partition coefficient (Wildman–Crippen LogP) is -0.490. The monoisotopic (exact) mass is 253 g/mol. The van der Waals surface area contributed by atoms with Gasteiger partial charge in [-0.3, -0.25) is 5.10 Å². The Hall–Kier alpha value is -2.12. The Kier molecular flexibility index (Phi) is 3.75. The highest BCUT2D eigenvalue weighted by atomic mass is 16.4. The van der Waals surface area contributed by atoms with Gasteiger partial charge in [0.2, 0.25) is 0 Å². The molecule has 2 amide bonds. The highest BCUT2D eigenvalue weighted by molar-refractivity contribution is 5.83. The molecule has 1 aromatic rings. The third-order valence-electron chi connectivity index (χ3n) is 2.76. The number of hydrogen-bond acceptors (Lipinski definition) is 4. The second-order valence-electron chi connectivity index (χ2n) is 4.24. The minimum Gasteiger partial charge on any atom is -0.480 e. The number of nitrogens with zero attached hydrogens (tertiary/aromatic N) is 2. The van der Waals surface area contributed by atoms with Gasteiger partial charge in [-0.1, -0.05) is 0 Å². The Morgan fingerprint density at radius 3 is 2.89 bits per heavy atom. The molecule has 8 heteroatoms. The predicted molar refractivity (Wildman–Crippen MR) is 60.8 cm³/mol. The average Bonchev–Trinajstić information content (AvgIpc) is 3.03. The summed E-state index contributed by atoms with van der Waals surface area (Å²) in [7, 11) is 0. The Balaban J connectivity index is 1.69. The zero-order chi connectivity index (χ0) is 13.0. The van der Waals surface area contributed by atoms with E-state index in [9.17, 15) is 9.59 Å². The quantitative estimate of drug-likeness (QED) is 0.545. The van der Waals surface area contributed by atoms with Crippen LogP contribution in [0.5, 0.6) is 0 Å². The van der Waals surface area contributed by atoms with Crippen LogP contribution in [0.15, 0.2) is 6.33 Å². The van der Waals surface area contributed by atoms with Gasteiger partial charge in [-0.15, -0.1) is 0 Å². The standard InChI is InChI=1S/C10H15N5O3/c16-9(17)8(6-1-2-6)14-10(18)11-4-3-7-12-5-13-15-7/h5-6,8H,1-4H2,(H,16,17)(H2,11,14,18)(H,12,13,15). The molecule has 4 N–H and O–H groups in total. The number of nitrogens with one attached hydrogen (secondary N) is 3. The molecule has 1 aromatic heterocycles. The molecule has 1 fully saturated rings. The van der Waals surface area contributed by atoms with Crippen molar-refractivity contribution in [3.05, 3.63) is 12.2 Å². The lowest BCUT2D eigenvalue weighted by atomic mass is 10.2. The van der Waals surface area contributed by atoms with Crippen molar-refractivity contribution in [2.75, 3.05) is 6.54 Å². The van der Waals surface area contributed by atoms with Crippen LogP contribution < -0.4 is 10.6 Å². The van der Waals surface area contributed by atoms with Gasteiger partial charge in [0.25, 0.3) is 0 Å². The van der Waals surface area contributed by atoms with Crippen molar-refractivity contribution in [2.45, 2.75) is 25.3 Å². The van der Waals surface area contributed by atoms with E-state index < -0.39 is 18.0 Å². The molecule has 1 atom stereocenters. The molecule has 0 aliphatic heterocycles. The van der Waals surface area contributed by atoms with E-state index in [0.717, 1.165) is 12.8 Å². The van der Waals surface area contributed by atoms with Gasteiger partial charge in [0.15, 0.2) is 0 Å². The third kappa shape index (κ3) is 3.44. The van der Waals surface area contributed by atoms with Crippen LogP contribution in [0.1, 0.15) is 18.7 Å². The minimum absolute atomic E-state index is 0.0718. The van der Waals surface area contributed by atoms with Crippen LogP contribution in [-0.4, -0.2) is 44.9 Å². The molecule has 18 heavy (non-hydrogen) atoms. The fourth-order valence-electron chi connectivity index (χ4n) is 1.65. The molecule has 0 aromatic carbocycles. The van der Waals surface area contributed by atoms with Crippen LogP contribution in [0, 0.1) is 5.92 Å².